The molecule has 0 spiro atoms. The van der Waals surface area contributed by atoms with Crippen LogP contribution >= 0.6 is 11.3 Å². The van der Waals surface area contributed by atoms with Crippen LogP contribution in [0.1, 0.15) is 35.7 Å². The average Bonchev–Trinajstić information content (AvgIpc) is 3.09. The van der Waals surface area contributed by atoms with Crippen molar-refractivity contribution in [1.29, 1.82) is 0 Å². The van der Waals surface area contributed by atoms with Gasteiger partial charge in [-0.25, -0.2) is 0 Å². The van der Waals surface area contributed by atoms with Gasteiger partial charge in [0.1, 0.15) is 5.01 Å². The number of amides is 1. The van der Waals surface area contributed by atoms with Crippen LogP contribution in [-0.2, 0) is 6.42 Å². The summed E-state index contributed by atoms with van der Waals surface area (Å²) in [5.41, 5.74) is 2.81. The van der Waals surface area contributed by atoms with Crippen LogP contribution in [0.25, 0.3) is 10.6 Å². The zero-order valence-electron chi connectivity index (χ0n) is 13.4. The summed E-state index contributed by atoms with van der Waals surface area (Å²) in [6, 6.07) is 11.4. The van der Waals surface area contributed by atoms with Gasteiger partial charge in [-0.3, -0.25) is 15.1 Å². The summed E-state index contributed by atoms with van der Waals surface area (Å²) >= 11 is 1.34. The van der Waals surface area contributed by atoms with Crippen LogP contribution in [-0.4, -0.2) is 21.1 Å². The third-order valence-electron chi connectivity index (χ3n) is 3.61. The Hall–Kier alpha value is -2.60. The molecule has 2 aromatic heterocycles. The molecule has 2 heterocycles. The number of unbranched alkanes of at least 4 members (excludes halogenated alkanes) is 1. The maximum atomic E-state index is 12.3. The Morgan fingerprint density at radius 3 is 2.54 bits per heavy atom. The number of rotatable bonds is 6. The van der Waals surface area contributed by atoms with Crippen molar-refractivity contribution in [2.45, 2.75) is 26.2 Å². The Morgan fingerprint density at radius 1 is 1.08 bits per heavy atom. The quantitative estimate of drug-likeness (QED) is 0.731. The van der Waals surface area contributed by atoms with E-state index in [1.54, 1.807) is 12.4 Å². The van der Waals surface area contributed by atoms with Crippen molar-refractivity contribution in [3.8, 4) is 10.6 Å². The molecular weight excluding hydrogens is 320 g/mol. The van der Waals surface area contributed by atoms with Gasteiger partial charge >= 0.3 is 0 Å². The highest BCUT2D eigenvalue weighted by molar-refractivity contribution is 7.18. The van der Waals surface area contributed by atoms with Crippen molar-refractivity contribution in [1.82, 2.24) is 15.2 Å². The lowest BCUT2D eigenvalue weighted by Crippen LogP contribution is -2.11. The lowest BCUT2D eigenvalue weighted by molar-refractivity contribution is 0.102. The van der Waals surface area contributed by atoms with E-state index in [0.717, 1.165) is 23.4 Å². The number of benzene rings is 1. The molecule has 24 heavy (non-hydrogen) atoms. The fraction of sp³-hybridized carbons (Fsp3) is 0.222. The van der Waals surface area contributed by atoms with E-state index >= 15 is 0 Å². The second kappa shape index (κ2) is 7.79. The molecule has 0 fully saturated rings. The lowest BCUT2D eigenvalue weighted by atomic mass is 10.1. The fourth-order valence-corrected chi connectivity index (χ4v) is 3.00. The van der Waals surface area contributed by atoms with Crippen molar-refractivity contribution in [3.63, 3.8) is 0 Å². The smallest absolute Gasteiger partial charge is 0.257 e. The standard InChI is InChI=1S/C18H18N4OS/c1-2-3-4-13-5-7-14(8-6-13)16(23)20-18-22-21-17(24-18)15-9-11-19-12-10-15/h5-12H,2-4H2,1H3,(H,20,22,23). The zero-order valence-corrected chi connectivity index (χ0v) is 14.2. The van der Waals surface area contributed by atoms with E-state index in [0.29, 0.717) is 10.7 Å². The molecule has 3 aromatic rings. The SMILES string of the molecule is CCCCc1ccc(C(=O)Nc2nnc(-c3ccncc3)s2)cc1. The number of pyridine rings is 1. The van der Waals surface area contributed by atoms with Crippen LogP contribution < -0.4 is 5.32 Å². The Morgan fingerprint density at radius 2 is 1.83 bits per heavy atom. The molecule has 0 aliphatic rings. The molecule has 122 valence electrons. The van der Waals surface area contributed by atoms with Crippen LogP contribution in [0.3, 0.4) is 0 Å². The third kappa shape index (κ3) is 4.02. The zero-order chi connectivity index (χ0) is 16.8. The second-order valence-corrected chi connectivity index (χ2v) is 6.38. The first-order valence-electron chi connectivity index (χ1n) is 7.90. The van der Waals surface area contributed by atoms with Crippen LogP contribution in [0.5, 0.6) is 0 Å². The molecular formula is C18H18N4OS. The summed E-state index contributed by atoms with van der Waals surface area (Å²) in [4.78, 5) is 16.3. The van der Waals surface area contributed by atoms with Gasteiger partial charge in [0.2, 0.25) is 5.13 Å². The predicted molar refractivity (Wildman–Crippen MR) is 96.1 cm³/mol. The van der Waals surface area contributed by atoms with Crippen LogP contribution in [0.2, 0.25) is 0 Å². The molecule has 0 aliphatic heterocycles. The molecule has 0 bridgehead atoms. The molecule has 0 aliphatic carbocycles. The van der Waals surface area contributed by atoms with Gasteiger partial charge in [-0.1, -0.05) is 36.8 Å². The number of carbonyl (C=O) groups is 1. The maximum Gasteiger partial charge on any atom is 0.257 e. The van der Waals surface area contributed by atoms with E-state index in [1.807, 2.05) is 36.4 Å². The first-order chi connectivity index (χ1) is 11.8. The van der Waals surface area contributed by atoms with Crippen LogP contribution in [0, 0.1) is 0 Å². The van der Waals surface area contributed by atoms with Gasteiger partial charge in [0.15, 0.2) is 0 Å². The van der Waals surface area contributed by atoms with E-state index in [1.165, 1.54) is 23.3 Å². The average molecular weight is 338 g/mol. The monoisotopic (exact) mass is 338 g/mol. The minimum atomic E-state index is -0.172. The summed E-state index contributed by atoms with van der Waals surface area (Å²) in [7, 11) is 0. The van der Waals surface area contributed by atoms with Gasteiger partial charge in [0, 0.05) is 23.5 Å². The number of hydrogen-bond donors (Lipinski definition) is 1. The van der Waals surface area contributed by atoms with Gasteiger partial charge in [-0.2, -0.15) is 0 Å². The summed E-state index contributed by atoms with van der Waals surface area (Å²) in [5, 5.41) is 12.2. The highest BCUT2D eigenvalue weighted by Gasteiger charge is 2.11. The normalized spacial score (nSPS) is 10.5. The number of nitrogens with zero attached hydrogens (tertiary/aromatic N) is 3. The first kappa shape index (κ1) is 16.3. The van der Waals surface area contributed by atoms with Crippen molar-refractivity contribution >= 4 is 22.4 Å². The number of hydrogen-bond acceptors (Lipinski definition) is 5. The number of anilines is 1. The summed E-state index contributed by atoms with van der Waals surface area (Å²) in [6.45, 7) is 2.17. The van der Waals surface area contributed by atoms with E-state index in [-0.39, 0.29) is 5.91 Å². The number of aromatic nitrogens is 3. The molecule has 3 rings (SSSR count). The fourth-order valence-electron chi connectivity index (χ4n) is 2.26. The highest BCUT2D eigenvalue weighted by Crippen LogP contribution is 2.25. The molecule has 5 nitrogen and oxygen atoms in total. The van der Waals surface area contributed by atoms with Crippen molar-refractivity contribution in [2.75, 3.05) is 5.32 Å². The first-order valence-corrected chi connectivity index (χ1v) is 8.72. The van der Waals surface area contributed by atoms with Crippen molar-refractivity contribution in [2.24, 2.45) is 0 Å². The van der Waals surface area contributed by atoms with E-state index in [4.69, 9.17) is 0 Å². The maximum absolute atomic E-state index is 12.3. The van der Waals surface area contributed by atoms with Gasteiger partial charge in [-0.15, -0.1) is 10.2 Å². The minimum Gasteiger partial charge on any atom is -0.296 e. The van der Waals surface area contributed by atoms with E-state index < -0.39 is 0 Å². The van der Waals surface area contributed by atoms with Crippen molar-refractivity contribution < 1.29 is 4.79 Å². The molecule has 0 saturated carbocycles. The molecule has 0 saturated heterocycles. The molecule has 1 aromatic carbocycles. The van der Waals surface area contributed by atoms with Gasteiger partial charge in [0.05, 0.1) is 0 Å². The summed E-state index contributed by atoms with van der Waals surface area (Å²) < 4.78 is 0. The molecule has 6 heteroatoms. The van der Waals surface area contributed by atoms with Gasteiger partial charge in [-0.05, 0) is 42.7 Å². The van der Waals surface area contributed by atoms with Crippen LogP contribution in [0.15, 0.2) is 48.8 Å². The summed E-state index contributed by atoms with van der Waals surface area (Å²) in [5.74, 6) is -0.172. The largest absolute Gasteiger partial charge is 0.296 e. The second-order valence-electron chi connectivity index (χ2n) is 5.40. The van der Waals surface area contributed by atoms with E-state index in [9.17, 15) is 4.79 Å². The Kier molecular flexibility index (Phi) is 5.28. The summed E-state index contributed by atoms with van der Waals surface area (Å²) in [6.07, 6.45) is 6.78. The number of nitrogens with one attached hydrogen (secondary N) is 1. The lowest BCUT2D eigenvalue weighted by Gasteiger charge is -2.03. The Balaban J connectivity index is 1.66. The minimum absolute atomic E-state index is 0.172. The molecule has 0 atom stereocenters. The Bertz CT molecular complexity index is 799. The molecule has 0 radical (unpaired) electrons. The van der Waals surface area contributed by atoms with Crippen molar-refractivity contribution in [3.05, 3.63) is 59.9 Å². The van der Waals surface area contributed by atoms with E-state index in [2.05, 4.69) is 27.4 Å². The van der Waals surface area contributed by atoms with Gasteiger partial charge < -0.3 is 0 Å². The highest BCUT2D eigenvalue weighted by atomic mass is 32.1. The third-order valence-corrected chi connectivity index (χ3v) is 4.50. The predicted octanol–water partition coefficient (Wildman–Crippen LogP) is 4.20. The van der Waals surface area contributed by atoms with Crippen LogP contribution in [0.4, 0.5) is 5.13 Å². The van der Waals surface area contributed by atoms with Gasteiger partial charge in [0.25, 0.3) is 5.91 Å². The number of aryl methyl sites for hydroxylation is 1. The topological polar surface area (TPSA) is 67.8 Å². The molecule has 0 unspecified atom stereocenters. The molecule has 1 N–H and O–H groups in total. The Labute approximate surface area is 144 Å². The molecule has 1 amide bonds. The number of carbonyl (C=O) groups excluding carboxylic acids is 1.